The zero-order chi connectivity index (χ0) is 16.1. The molecule has 1 aromatic heterocycles. The van der Waals surface area contributed by atoms with Crippen molar-refractivity contribution in [2.24, 2.45) is 0 Å². The van der Waals surface area contributed by atoms with Crippen molar-refractivity contribution in [3.63, 3.8) is 0 Å². The number of likely N-dealkylation sites (N-methyl/N-ethyl adjacent to an activating group) is 1. The first-order chi connectivity index (χ1) is 11.2. The van der Waals surface area contributed by atoms with Gasteiger partial charge < -0.3 is 15.4 Å². The molecule has 1 aromatic carbocycles. The molecule has 2 heterocycles. The molecule has 2 N–H and O–H groups in total. The van der Waals surface area contributed by atoms with Gasteiger partial charge in [-0.15, -0.1) is 0 Å². The fourth-order valence-electron chi connectivity index (χ4n) is 2.32. The third-order valence-corrected chi connectivity index (χ3v) is 3.67. The van der Waals surface area contributed by atoms with Gasteiger partial charge in [-0.2, -0.15) is 0 Å². The minimum Gasteiger partial charge on any atom is -0.378 e. The number of hydrogen-bond acceptors (Lipinski definition) is 6. The van der Waals surface area contributed by atoms with E-state index in [0.29, 0.717) is 19.2 Å². The first kappa shape index (κ1) is 15.4. The molecule has 0 spiro atoms. The van der Waals surface area contributed by atoms with Gasteiger partial charge in [-0.25, -0.2) is 9.97 Å². The van der Waals surface area contributed by atoms with Crippen molar-refractivity contribution in [3.8, 4) is 0 Å². The highest BCUT2D eigenvalue weighted by Gasteiger charge is 2.26. The van der Waals surface area contributed by atoms with Crippen molar-refractivity contribution >= 4 is 23.2 Å². The lowest BCUT2D eigenvalue weighted by atomic mass is 10.2. The van der Waals surface area contributed by atoms with Crippen LogP contribution < -0.4 is 10.6 Å². The van der Waals surface area contributed by atoms with Crippen LogP contribution in [0, 0.1) is 0 Å². The quantitative estimate of drug-likeness (QED) is 0.890. The van der Waals surface area contributed by atoms with E-state index >= 15 is 0 Å². The van der Waals surface area contributed by atoms with Crippen molar-refractivity contribution < 1.29 is 9.53 Å². The normalized spacial score (nSPS) is 18.4. The molecule has 1 unspecified atom stereocenters. The fourth-order valence-corrected chi connectivity index (χ4v) is 2.32. The van der Waals surface area contributed by atoms with Gasteiger partial charge in [0.1, 0.15) is 6.04 Å². The Balaban J connectivity index is 1.60. The van der Waals surface area contributed by atoms with Crippen LogP contribution in [0.3, 0.4) is 0 Å². The Morgan fingerprint density at radius 2 is 1.91 bits per heavy atom. The summed E-state index contributed by atoms with van der Waals surface area (Å²) in [6.07, 6.45) is 3.35. The Morgan fingerprint density at radius 3 is 2.61 bits per heavy atom. The van der Waals surface area contributed by atoms with Gasteiger partial charge in [0.25, 0.3) is 0 Å². The van der Waals surface area contributed by atoms with E-state index in [-0.39, 0.29) is 11.9 Å². The van der Waals surface area contributed by atoms with Crippen LogP contribution >= 0.6 is 0 Å². The molecular weight excluding hydrogens is 294 g/mol. The lowest BCUT2D eigenvalue weighted by Crippen LogP contribution is -2.49. The second kappa shape index (κ2) is 7.17. The van der Waals surface area contributed by atoms with Crippen molar-refractivity contribution in [2.75, 3.05) is 37.4 Å². The Labute approximate surface area is 134 Å². The summed E-state index contributed by atoms with van der Waals surface area (Å²) in [6.45, 7) is 1.85. The molecule has 1 aliphatic heterocycles. The molecule has 1 saturated heterocycles. The molecule has 1 amide bonds. The largest absolute Gasteiger partial charge is 0.378 e. The summed E-state index contributed by atoms with van der Waals surface area (Å²) in [5.74, 6) is 0.476. The monoisotopic (exact) mass is 313 g/mol. The van der Waals surface area contributed by atoms with Crippen molar-refractivity contribution in [1.82, 2.24) is 14.9 Å². The third-order valence-electron chi connectivity index (χ3n) is 3.67. The molecule has 2 aromatic rings. The number of nitrogens with zero attached hydrogens (tertiary/aromatic N) is 3. The van der Waals surface area contributed by atoms with E-state index in [1.165, 1.54) is 0 Å². The zero-order valence-corrected chi connectivity index (χ0v) is 12.9. The Bertz CT molecular complexity index is 647. The van der Waals surface area contributed by atoms with E-state index in [1.807, 2.05) is 36.2 Å². The number of anilines is 3. The summed E-state index contributed by atoms with van der Waals surface area (Å²) >= 11 is 0. The molecule has 0 radical (unpaired) electrons. The van der Waals surface area contributed by atoms with Gasteiger partial charge in [-0.3, -0.25) is 9.69 Å². The lowest BCUT2D eigenvalue weighted by Gasteiger charge is -2.31. The SMILES string of the molecule is CN1CCOCC1C(=O)Nc1ccc(Nc2ncccn2)cc1. The third kappa shape index (κ3) is 4.02. The van der Waals surface area contributed by atoms with Crippen LogP contribution in [0.1, 0.15) is 0 Å². The molecule has 1 atom stereocenters. The second-order valence-electron chi connectivity index (χ2n) is 5.34. The number of rotatable bonds is 4. The Kier molecular flexibility index (Phi) is 4.80. The van der Waals surface area contributed by atoms with Crippen LogP contribution in [0.25, 0.3) is 0 Å². The molecule has 23 heavy (non-hydrogen) atoms. The summed E-state index contributed by atoms with van der Waals surface area (Å²) < 4.78 is 5.37. The molecule has 0 saturated carbocycles. The van der Waals surface area contributed by atoms with Gasteiger partial charge >= 0.3 is 0 Å². The number of aromatic nitrogens is 2. The van der Waals surface area contributed by atoms with Gasteiger partial charge in [0.05, 0.1) is 13.2 Å². The molecule has 3 rings (SSSR count). The molecule has 120 valence electrons. The number of amides is 1. The molecule has 1 fully saturated rings. The van der Waals surface area contributed by atoms with Gasteiger partial charge in [0.15, 0.2) is 0 Å². The van der Waals surface area contributed by atoms with E-state index in [0.717, 1.165) is 17.9 Å². The smallest absolute Gasteiger partial charge is 0.244 e. The predicted octanol–water partition coefficient (Wildman–Crippen LogP) is 1.49. The molecule has 7 heteroatoms. The van der Waals surface area contributed by atoms with Crippen LogP contribution in [0.2, 0.25) is 0 Å². The highest BCUT2D eigenvalue weighted by Crippen LogP contribution is 2.17. The number of ether oxygens (including phenoxy) is 1. The molecule has 1 aliphatic rings. The minimum absolute atomic E-state index is 0.0562. The zero-order valence-electron chi connectivity index (χ0n) is 12.9. The number of carbonyl (C=O) groups is 1. The predicted molar refractivity (Wildman–Crippen MR) is 87.6 cm³/mol. The average molecular weight is 313 g/mol. The highest BCUT2D eigenvalue weighted by atomic mass is 16.5. The molecule has 7 nitrogen and oxygen atoms in total. The minimum atomic E-state index is -0.251. The number of hydrogen-bond donors (Lipinski definition) is 2. The summed E-state index contributed by atoms with van der Waals surface area (Å²) in [6, 6.07) is 8.93. The summed E-state index contributed by atoms with van der Waals surface area (Å²) in [5, 5.41) is 6.01. The van der Waals surface area contributed by atoms with Crippen LogP contribution in [-0.2, 0) is 9.53 Å². The summed E-state index contributed by atoms with van der Waals surface area (Å²) in [5.41, 5.74) is 1.60. The number of benzene rings is 1. The van der Waals surface area contributed by atoms with Crippen molar-refractivity contribution in [1.29, 1.82) is 0 Å². The first-order valence-corrected chi connectivity index (χ1v) is 7.45. The summed E-state index contributed by atoms with van der Waals surface area (Å²) in [4.78, 5) is 22.5. The maximum atomic E-state index is 12.3. The van der Waals surface area contributed by atoms with E-state index in [1.54, 1.807) is 18.5 Å². The van der Waals surface area contributed by atoms with E-state index in [2.05, 4.69) is 20.6 Å². The second-order valence-corrected chi connectivity index (χ2v) is 5.34. The number of morpholine rings is 1. The summed E-state index contributed by atoms with van der Waals surface area (Å²) in [7, 11) is 1.93. The van der Waals surface area contributed by atoms with Gasteiger partial charge in [-0.1, -0.05) is 0 Å². The lowest BCUT2D eigenvalue weighted by molar-refractivity contribution is -0.126. The molecule has 0 aliphatic carbocycles. The average Bonchev–Trinajstić information content (AvgIpc) is 2.58. The highest BCUT2D eigenvalue weighted by molar-refractivity contribution is 5.95. The Morgan fingerprint density at radius 1 is 1.22 bits per heavy atom. The molecular formula is C16H19N5O2. The van der Waals surface area contributed by atoms with Gasteiger partial charge in [0.2, 0.25) is 11.9 Å². The first-order valence-electron chi connectivity index (χ1n) is 7.45. The van der Waals surface area contributed by atoms with Crippen molar-refractivity contribution in [3.05, 3.63) is 42.7 Å². The Hall–Kier alpha value is -2.51. The van der Waals surface area contributed by atoms with Gasteiger partial charge in [-0.05, 0) is 37.4 Å². The van der Waals surface area contributed by atoms with Gasteiger partial charge in [0, 0.05) is 30.3 Å². The van der Waals surface area contributed by atoms with E-state index < -0.39 is 0 Å². The fraction of sp³-hybridized carbons (Fsp3) is 0.312. The number of carbonyl (C=O) groups excluding carboxylic acids is 1. The number of nitrogens with one attached hydrogen (secondary N) is 2. The molecule has 0 bridgehead atoms. The van der Waals surface area contributed by atoms with Crippen molar-refractivity contribution in [2.45, 2.75) is 6.04 Å². The standard InChI is InChI=1S/C16H19N5O2/c1-21-9-10-23-11-14(21)15(22)19-12-3-5-13(6-4-12)20-16-17-7-2-8-18-16/h2-8,14H,9-11H2,1H3,(H,19,22)(H,17,18,20). The topological polar surface area (TPSA) is 79.4 Å². The maximum absolute atomic E-state index is 12.3. The van der Waals surface area contributed by atoms with Crippen LogP contribution in [0.4, 0.5) is 17.3 Å². The van der Waals surface area contributed by atoms with Crippen LogP contribution in [-0.4, -0.2) is 53.6 Å². The maximum Gasteiger partial charge on any atom is 0.244 e. The van der Waals surface area contributed by atoms with Crippen LogP contribution in [0.15, 0.2) is 42.7 Å². The van der Waals surface area contributed by atoms with E-state index in [4.69, 9.17) is 4.74 Å². The van der Waals surface area contributed by atoms with Crippen LogP contribution in [0.5, 0.6) is 0 Å². The van der Waals surface area contributed by atoms with E-state index in [9.17, 15) is 4.79 Å².